The summed E-state index contributed by atoms with van der Waals surface area (Å²) in [4.78, 5) is 0. The van der Waals surface area contributed by atoms with E-state index in [9.17, 15) is 4.39 Å². The second-order valence-electron chi connectivity index (χ2n) is 5.86. The molecule has 1 nitrogen and oxygen atoms in total. The molecule has 2 unspecified atom stereocenters. The van der Waals surface area contributed by atoms with Gasteiger partial charge in [-0.2, -0.15) is 0 Å². The first-order valence-electron chi connectivity index (χ1n) is 6.80. The summed E-state index contributed by atoms with van der Waals surface area (Å²) in [5, 5.41) is 3.62. The van der Waals surface area contributed by atoms with Gasteiger partial charge in [-0.1, -0.05) is 37.3 Å². The highest BCUT2D eigenvalue weighted by molar-refractivity contribution is 5.53. The number of rotatable bonds is 0. The molecular formula is C17H16FN. The van der Waals surface area contributed by atoms with Gasteiger partial charge in [-0.25, -0.2) is 4.39 Å². The lowest BCUT2D eigenvalue weighted by Gasteiger charge is -2.37. The van der Waals surface area contributed by atoms with Crippen molar-refractivity contribution in [3.63, 3.8) is 0 Å². The number of hydrogen-bond acceptors (Lipinski definition) is 1. The molecule has 2 aromatic carbocycles. The van der Waals surface area contributed by atoms with Gasteiger partial charge in [-0.3, -0.25) is 0 Å². The quantitative estimate of drug-likeness (QED) is 0.759. The van der Waals surface area contributed by atoms with Gasteiger partial charge in [0.25, 0.3) is 0 Å². The van der Waals surface area contributed by atoms with Crippen LogP contribution in [0.1, 0.15) is 35.2 Å². The fourth-order valence-electron chi connectivity index (χ4n) is 3.72. The average molecular weight is 253 g/mol. The van der Waals surface area contributed by atoms with E-state index in [1.807, 2.05) is 6.07 Å². The zero-order chi connectivity index (χ0) is 13.0. The highest BCUT2D eigenvalue weighted by atomic mass is 19.1. The van der Waals surface area contributed by atoms with Gasteiger partial charge in [0.15, 0.2) is 0 Å². The van der Waals surface area contributed by atoms with Crippen LogP contribution >= 0.6 is 0 Å². The van der Waals surface area contributed by atoms with Crippen molar-refractivity contribution in [1.29, 1.82) is 0 Å². The summed E-state index contributed by atoms with van der Waals surface area (Å²) < 4.78 is 13.7. The Hall–Kier alpha value is -1.67. The molecule has 2 heteroatoms. The minimum Gasteiger partial charge on any atom is -0.308 e. The van der Waals surface area contributed by atoms with Crippen LogP contribution in [-0.4, -0.2) is 6.54 Å². The maximum absolute atomic E-state index is 13.7. The molecule has 1 N–H and O–H groups in total. The molecule has 3 aliphatic rings. The summed E-state index contributed by atoms with van der Waals surface area (Å²) in [6.07, 6.45) is 0.947. The summed E-state index contributed by atoms with van der Waals surface area (Å²) in [5.74, 6) is -0.136. The molecule has 2 atom stereocenters. The Morgan fingerprint density at radius 2 is 2.00 bits per heavy atom. The molecule has 1 aliphatic carbocycles. The van der Waals surface area contributed by atoms with E-state index in [2.05, 4.69) is 36.5 Å². The van der Waals surface area contributed by atoms with E-state index in [1.165, 1.54) is 16.7 Å². The molecule has 0 spiro atoms. The highest BCUT2D eigenvalue weighted by Gasteiger charge is 2.41. The van der Waals surface area contributed by atoms with E-state index >= 15 is 0 Å². The van der Waals surface area contributed by atoms with E-state index in [4.69, 9.17) is 0 Å². The maximum atomic E-state index is 13.7. The molecule has 5 rings (SSSR count). The van der Waals surface area contributed by atoms with Crippen molar-refractivity contribution in [1.82, 2.24) is 5.32 Å². The Kier molecular flexibility index (Phi) is 2.16. The predicted octanol–water partition coefficient (Wildman–Crippen LogP) is 3.33. The van der Waals surface area contributed by atoms with Crippen LogP contribution in [0.25, 0.3) is 0 Å². The number of nitrogens with one attached hydrogen (secondary N) is 1. The lowest BCUT2D eigenvalue weighted by atomic mass is 9.72. The Bertz CT molecular complexity index is 664. The standard InChI is InChI=1S/C17H16FN/c1-17-10-19-16(13-4-2-3-5-14(13)17)8-11-6-7-12(18)9-15(11)17/h2-7,9,16,19H,8,10H2,1H3. The van der Waals surface area contributed by atoms with Gasteiger partial charge >= 0.3 is 0 Å². The summed E-state index contributed by atoms with van der Waals surface area (Å²) in [7, 11) is 0. The zero-order valence-electron chi connectivity index (χ0n) is 10.9. The molecule has 2 aromatic rings. The van der Waals surface area contributed by atoms with E-state index < -0.39 is 0 Å². The van der Waals surface area contributed by atoms with Gasteiger partial charge in [0.05, 0.1) is 0 Å². The Morgan fingerprint density at radius 3 is 2.89 bits per heavy atom. The molecule has 2 heterocycles. The van der Waals surface area contributed by atoms with Crippen LogP contribution in [0.4, 0.5) is 4.39 Å². The van der Waals surface area contributed by atoms with Crippen molar-refractivity contribution in [2.45, 2.75) is 24.8 Å². The van der Waals surface area contributed by atoms with Crippen molar-refractivity contribution in [2.75, 3.05) is 6.54 Å². The molecule has 0 saturated carbocycles. The van der Waals surface area contributed by atoms with Gasteiger partial charge in [0.1, 0.15) is 5.82 Å². The van der Waals surface area contributed by atoms with Crippen LogP contribution < -0.4 is 5.32 Å². The second kappa shape index (κ2) is 3.67. The molecular weight excluding hydrogens is 237 g/mol. The van der Waals surface area contributed by atoms with E-state index in [1.54, 1.807) is 12.1 Å². The van der Waals surface area contributed by atoms with Crippen molar-refractivity contribution in [3.05, 3.63) is 70.5 Å². The SMILES string of the molecule is CC12CNC(Cc3ccc(F)cc31)c1ccccc12. The number of benzene rings is 2. The summed E-state index contributed by atoms with van der Waals surface area (Å²) in [6, 6.07) is 14.2. The molecule has 0 aromatic heterocycles. The summed E-state index contributed by atoms with van der Waals surface area (Å²) >= 11 is 0. The Labute approximate surface area is 112 Å². The van der Waals surface area contributed by atoms with Crippen LogP contribution in [0.2, 0.25) is 0 Å². The normalized spacial score (nSPS) is 27.6. The largest absolute Gasteiger partial charge is 0.308 e. The van der Waals surface area contributed by atoms with E-state index in [0.29, 0.717) is 6.04 Å². The number of hydrogen-bond donors (Lipinski definition) is 1. The van der Waals surface area contributed by atoms with Crippen LogP contribution in [-0.2, 0) is 11.8 Å². The van der Waals surface area contributed by atoms with Gasteiger partial charge in [-0.15, -0.1) is 0 Å². The monoisotopic (exact) mass is 253 g/mol. The molecule has 2 bridgehead atoms. The number of fused-ring (bicyclic) bond motifs is 1. The Morgan fingerprint density at radius 1 is 1.16 bits per heavy atom. The van der Waals surface area contributed by atoms with Crippen LogP contribution in [0.3, 0.4) is 0 Å². The lowest BCUT2D eigenvalue weighted by molar-refractivity contribution is 0.424. The van der Waals surface area contributed by atoms with Gasteiger partial charge in [-0.05, 0) is 40.8 Å². The molecule has 0 amide bonds. The first kappa shape index (κ1) is 11.2. The third-order valence-corrected chi connectivity index (χ3v) is 4.72. The maximum Gasteiger partial charge on any atom is 0.123 e. The molecule has 0 fully saturated rings. The van der Waals surface area contributed by atoms with E-state index in [0.717, 1.165) is 18.5 Å². The first-order valence-corrected chi connectivity index (χ1v) is 6.80. The Balaban J connectivity index is 2.06. The minimum absolute atomic E-state index is 0.124. The number of halogens is 1. The molecule has 2 aliphatic heterocycles. The third kappa shape index (κ3) is 1.44. The second-order valence-corrected chi connectivity index (χ2v) is 5.86. The van der Waals surface area contributed by atoms with Crippen molar-refractivity contribution in [3.8, 4) is 0 Å². The van der Waals surface area contributed by atoms with Gasteiger partial charge < -0.3 is 5.32 Å². The zero-order valence-corrected chi connectivity index (χ0v) is 10.9. The fraction of sp³-hybridized carbons (Fsp3) is 0.294. The predicted molar refractivity (Wildman–Crippen MR) is 73.7 cm³/mol. The van der Waals surface area contributed by atoms with Crippen LogP contribution in [0.5, 0.6) is 0 Å². The molecule has 96 valence electrons. The van der Waals surface area contributed by atoms with Gasteiger partial charge in [0, 0.05) is 18.0 Å². The highest BCUT2D eigenvalue weighted by Crippen LogP contribution is 2.45. The fourth-order valence-corrected chi connectivity index (χ4v) is 3.72. The van der Waals surface area contributed by atoms with Crippen LogP contribution in [0.15, 0.2) is 42.5 Å². The third-order valence-electron chi connectivity index (χ3n) is 4.72. The van der Waals surface area contributed by atoms with Gasteiger partial charge in [0.2, 0.25) is 0 Å². The average Bonchev–Trinajstić information content (AvgIpc) is 2.63. The topological polar surface area (TPSA) is 12.0 Å². The van der Waals surface area contributed by atoms with Crippen molar-refractivity contribution >= 4 is 0 Å². The van der Waals surface area contributed by atoms with E-state index in [-0.39, 0.29) is 11.2 Å². The minimum atomic E-state index is -0.136. The first-order chi connectivity index (χ1) is 9.18. The summed E-state index contributed by atoms with van der Waals surface area (Å²) in [5.41, 5.74) is 5.01. The molecule has 0 saturated heterocycles. The molecule has 19 heavy (non-hydrogen) atoms. The summed E-state index contributed by atoms with van der Waals surface area (Å²) in [6.45, 7) is 3.10. The lowest BCUT2D eigenvalue weighted by Crippen LogP contribution is -2.42. The smallest absolute Gasteiger partial charge is 0.123 e. The van der Waals surface area contributed by atoms with Crippen LogP contribution in [0, 0.1) is 5.82 Å². The molecule has 0 radical (unpaired) electrons. The van der Waals surface area contributed by atoms with Crippen molar-refractivity contribution in [2.24, 2.45) is 0 Å². The van der Waals surface area contributed by atoms with Crippen molar-refractivity contribution < 1.29 is 4.39 Å².